The average molecular weight is 304 g/mol. The van der Waals surface area contributed by atoms with Crippen molar-refractivity contribution in [1.29, 1.82) is 0 Å². The Bertz CT molecular complexity index is 594. The second kappa shape index (κ2) is 7.28. The molecule has 0 spiro atoms. The van der Waals surface area contributed by atoms with E-state index >= 15 is 0 Å². The van der Waals surface area contributed by atoms with Crippen molar-refractivity contribution in [2.45, 2.75) is 33.9 Å². The van der Waals surface area contributed by atoms with Gasteiger partial charge in [0.05, 0.1) is 5.69 Å². The van der Waals surface area contributed by atoms with Crippen LogP contribution in [0.2, 0.25) is 0 Å². The molecule has 0 fully saturated rings. The quantitative estimate of drug-likeness (QED) is 0.891. The monoisotopic (exact) mass is 304 g/mol. The van der Waals surface area contributed by atoms with Gasteiger partial charge in [-0.1, -0.05) is 6.07 Å². The maximum absolute atomic E-state index is 11.5. The Kier molecular flexibility index (Phi) is 5.41. The molecule has 2 aromatic heterocycles. The lowest BCUT2D eigenvalue weighted by atomic mass is 10.2. The number of nitrogens with one attached hydrogen (secondary N) is 1. The number of carbonyl (C=O) groups is 1. The van der Waals surface area contributed by atoms with E-state index in [0.29, 0.717) is 13.1 Å². The Morgan fingerprint density at radius 1 is 1.38 bits per heavy atom. The van der Waals surface area contributed by atoms with E-state index < -0.39 is 0 Å². The zero-order chi connectivity index (χ0) is 15.2. The maximum Gasteiger partial charge on any atom is 0.225 e. The van der Waals surface area contributed by atoms with E-state index in [9.17, 15) is 4.79 Å². The van der Waals surface area contributed by atoms with Crippen LogP contribution in [0.4, 0.5) is 5.13 Å². The Labute approximate surface area is 129 Å². The minimum absolute atomic E-state index is 0.0251. The topological polar surface area (TPSA) is 58.1 Å². The lowest BCUT2D eigenvalue weighted by Gasteiger charge is -2.14. The van der Waals surface area contributed by atoms with Crippen LogP contribution >= 0.6 is 11.3 Å². The predicted molar refractivity (Wildman–Crippen MR) is 85.3 cm³/mol. The van der Waals surface area contributed by atoms with Gasteiger partial charge in [-0.05, 0) is 25.5 Å². The highest BCUT2D eigenvalue weighted by atomic mass is 32.1. The van der Waals surface area contributed by atoms with E-state index in [-0.39, 0.29) is 5.91 Å². The number of hydrogen-bond acceptors (Lipinski definition) is 5. The zero-order valence-electron chi connectivity index (χ0n) is 12.6. The summed E-state index contributed by atoms with van der Waals surface area (Å²) >= 11 is 1.50. The molecule has 6 heteroatoms. The van der Waals surface area contributed by atoms with Gasteiger partial charge in [0.1, 0.15) is 0 Å². The van der Waals surface area contributed by atoms with Gasteiger partial charge in [0.25, 0.3) is 0 Å². The Balaban J connectivity index is 1.88. The molecule has 0 radical (unpaired) electrons. The molecule has 2 aromatic rings. The summed E-state index contributed by atoms with van der Waals surface area (Å²) in [6.07, 6.45) is 1.88. The highest BCUT2D eigenvalue weighted by molar-refractivity contribution is 7.14. The molecule has 0 atom stereocenters. The fourth-order valence-electron chi connectivity index (χ4n) is 1.93. The highest BCUT2D eigenvalue weighted by Crippen LogP contribution is 2.20. The standard InChI is InChI=1S/C15H20N4OS/c1-4-19(12(3)20)15-18-14(10-21-15)9-16-7-13-6-5-11(2)17-8-13/h5-6,8,10,16H,4,7,9H2,1-3H3. The number of hydrogen-bond donors (Lipinski definition) is 1. The van der Waals surface area contributed by atoms with Crippen molar-refractivity contribution in [1.82, 2.24) is 15.3 Å². The van der Waals surface area contributed by atoms with Gasteiger partial charge in [-0.25, -0.2) is 4.98 Å². The Hall–Kier alpha value is -1.79. The summed E-state index contributed by atoms with van der Waals surface area (Å²) < 4.78 is 0. The third kappa shape index (κ3) is 4.34. The van der Waals surface area contributed by atoms with Crippen molar-refractivity contribution in [3.05, 3.63) is 40.7 Å². The first-order valence-electron chi connectivity index (χ1n) is 6.95. The molecule has 112 valence electrons. The average Bonchev–Trinajstić information content (AvgIpc) is 2.90. The molecule has 1 amide bonds. The molecule has 0 aliphatic heterocycles. The minimum atomic E-state index is 0.0251. The van der Waals surface area contributed by atoms with E-state index in [2.05, 4.69) is 21.4 Å². The number of rotatable bonds is 6. The Morgan fingerprint density at radius 3 is 2.81 bits per heavy atom. The van der Waals surface area contributed by atoms with Crippen molar-refractivity contribution in [2.24, 2.45) is 0 Å². The highest BCUT2D eigenvalue weighted by Gasteiger charge is 2.13. The molecular formula is C15H20N4OS. The van der Waals surface area contributed by atoms with Gasteiger partial charge in [-0.3, -0.25) is 14.7 Å². The molecule has 0 aliphatic rings. The van der Waals surface area contributed by atoms with Gasteiger partial charge >= 0.3 is 0 Å². The van der Waals surface area contributed by atoms with Crippen LogP contribution in [-0.2, 0) is 17.9 Å². The van der Waals surface area contributed by atoms with Crippen LogP contribution in [0.25, 0.3) is 0 Å². The molecule has 0 aromatic carbocycles. The molecule has 0 aliphatic carbocycles. The van der Waals surface area contributed by atoms with Crippen molar-refractivity contribution in [3.8, 4) is 0 Å². The summed E-state index contributed by atoms with van der Waals surface area (Å²) in [6.45, 7) is 7.57. The summed E-state index contributed by atoms with van der Waals surface area (Å²) in [5.41, 5.74) is 3.12. The van der Waals surface area contributed by atoms with Crippen LogP contribution in [0.15, 0.2) is 23.7 Å². The van der Waals surface area contributed by atoms with E-state index in [1.54, 1.807) is 11.8 Å². The number of pyridine rings is 1. The van der Waals surface area contributed by atoms with Crippen LogP contribution in [0.5, 0.6) is 0 Å². The lowest BCUT2D eigenvalue weighted by Crippen LogP contribution is -2.27. The Morgan fingerprint density at radius 2 is 2.19 bits per heavy atom. The molecular weight excluding hydrogens is 284 g/mol. The number of thiazole rings is 1. The first kappa shape index (κ1) is 15.6. The molecule has 2 rings (SSSR count). The largest absolute Gasteiger partial charge is 0.307 e. The third-order valence-corrected chi connectivity index (χ3v) is 3.99. The van der Waals surface area contributed by atoms with Gasteiger partial charge in [0.15, 0.2) is 5.13 Å². The van der Waals surface area contributed by atoms with Gasteiger partial charge in [-0.15, -0.1) is 11.3 Å². The second-order valence-electron chi connectivity index (χ2n) is 4.80. The maximum atomic E-state index is 11.5. The normalized spacial score (nSPS) is 10.6. The molecule has 5 nitrogen and oxygen atoms in total. The minimum Gasteiger partial charge on any atom is -0.307 e. The molecule has 0 saturated carbocycles. The molecule has 21 heavy (non-hydrogen) atoms. The van der Waals surface area contributed by atoms with Gasteiger partial charge < -0.3 is 5.32 Å². The predicted octanol–water partition coefficient (Wildman–Crippen LogP) is 2.51. The zero-order valence-corrected chi connectivity index (χ0v) is 13.4. The van der Waals surface area contributed by atoms with Crippen molar-refractivity contribution in [2.75, 3.05) is 11.4 Å². The van der Waals surface area contributed by atoms with E-state index in [0.717, 1.165) is 28.6 Å². The molecule has 1 N–H and O–H groups in total. The van der Waals surface area contributed by atoms with E-state index in [4.69, 9.17) is 0 Å². The van der Waals surface area contributed by atoms with Crippen LogP contribution in [0.1, 0.15) is 30.8 Å². The number of aromatic nitrogens is 2. The molecule has 2 heterocycles. The van der Waals surface area contributed by atoms with Gasteiger partial charge in [0, 0.05) is 43.8 Å². The van der Waals surface area contributed by atoms with Gasteiger partial charge in [0.2, 0.25) is 5.91 Å². The summed E-state index contributed by atoms with van der Waals surface area (Å²) in [6, 6.07) is 4.07. The molecule has 0 saturated heterocycles. The fraction of sp³-hybridized carbons (Fsp3) is 0.400. The smallest absolute Gasteiger partial charge is 0.225 e. The van der Waals surface area contributed by atoms with Crippen LogP contribution in [-0.4, -0.2) is 22.4 Å². The first-order chi connectivity index (χ1) is 10.1. The second-order valence-corrected chi connectivity index (χ2v) is 5.63. The SMILES string of the molecule is CCN(C(C)=O)c1nc(CNCc2ccc(C)nc2)cs1. The summed E-state index contributed by atoms with van der Waals surface area (Å²) in [4.78, 5) is 21.9. The number of carbonyl (C=O) groups excluding carboxylic acids is 1. The molecule has 0 unspecified atom stereocenters. The van der Waals surface area contributed by atoms with Crippen molar-refractivity contribution in [3.63, 3.8) is 0 Å². The number of aryl methyl sites for hydroxylation is 1. The fourth-order valence-corrected chi connectivity index (χ4v) is 2.86. The summed E-state index contributed by atoms with van der Waals surface area (Å²) in [5, 5.41) is 6.09. The summed E-state index contributed by atoms with van der Waals surface area (Å²) in [7, 11) is 0. The molecule has 0 bridgehead atoms. The first-order valence-corrected chi connectivity index (χ1v) is 7.83. The van der Waals surface area contributed by atoms with Crippen LogP contribution in [0.3, 0.4) is 0 Å². The van der Waals surface area contributed by atoms with E-state index in [1.165, 1.54) is 11.3 Å². The van der Waals surface area contributed by atoms with Crippen LogP contribution in [0, 0.1) is 6.92 Å². The number of nitrogens with zero attached hydrogens (tertiary/aromatic N) is 3. The number of amides is 1. The van der Waals surface area contributed by atoms with E-state index in [1.807, 2.05) is 31.5 Å². The summed E-state index contributed by atoms with van der Waals surface area (Å²) in [5.74, 6) is 0.0251. The van der Waals surface area contributed by atoms with Crippen LogP contribution < -0.4 is 10.2 Å². The lowest BCUT2D eigenvalue weighted by molar-refractivity contribution is -0.116. The third-order valence-electron chi connectivity index (χ3n) is 3.07. The number of anilines is 1. The van der Waals surface area contributed by atoms with Crippen molar-refractivity contribution < 1.29 is 4.79 Å². The van der Waals surface area contributed by atoms with Crippen molar-refractivity contribution >= 4 is 22.4 Å². The van der Waals surface area contributed by atoms with Gasteiger partial charge in [-0.2, -0.15) is 0 Å².